The number of hydrogen-bond acceptors (Lipinski definition) is 6. The summed E-state index contributed by atoms with van der Waals surface area (Å²) < 4.78 is 33.3. The molecule has 172 valence electrons. The third-order valence-corrected chi connectivity index (χ3v) is 4.87. The quantitative estimate of drug-likeness (QED) is 0.417. The van der Waals surface area contributed by atoms with E-state index in [4.69, 9.17) is 10.5 Å². The molecule has 0 fully saturated rings. The van der Waals surface area contributed by atoms with Crippen LogP contribution in [0.4, 0.5) is 14.5 Å². The van der Waals surface area contributed by atoms with Gasteiger partial charge in [0.05, 0.1) is 24.7 Å². The van der Waals surface area contributed by atoms with Crippen molar-refractivity contribution in [3.8, 4) is 22.6 Å². The molecule has 4 rings (SSSR count). The van der Waals surface area contributed by atoms with Gasteiger partial charge in [0.2, 0.25) is 5.43 Å². The number of halogens is 2. The van der Waals surface area contributed by atoms with Gasteiger partial charge >= 0.3 is 6.55 Å². The van der Waals surface area contributed by atoms with Gasteiger partial charge in [-0.05, 0) is 42.1 Å². The second-order valence-corrected chi connectivity index (χ2v) is 7.04. The molecule has 0 spiro atoms. The SMILES string of the molecule is COc1cc(-c2cnn(C(F)F)c2)ccc1-n1ccc(=O)c(C(C=CN)=Nc2ccccc2)n1. The zero-order valence-electron chi connectivity index (χ0n) is 18.0. The highest BCUT2D eigenvalue weighted by molar-refractivity contribution is 6.08. The zero-order chi connectivity index (χ0) is 24.1. The summed E-state index contributed by atoms with van der Waals surface area (Å²) in [4.78, 5) is 17.1. The Morgan fingerprint density at radius 2 is 1.94 bits per heavy atom. The van der Waals surface area contributed by atoms with Crippen LogP contribution in [0.2, 0.25) is 0 Å². The summed E-state index contributed by atoms with van der Waals surface area (Å²) in [6.45, 7) is -2.73. The Morgan fingerprint density at radius 1 is 1.15 bits per heavy atom. The number of methoxy groups -OCH3 is 1. The van der Waals surface area contributed by atoms with Gasteiger partial charge in [-0.2, -0.15) is 19.0 Å². The predicted molar refractivity (Wildman–Crippen MR) is 125 cm³/mol. The number of allylic oxidation sites excluding steroid dienone is 1. The molecule has 0 radical (unpaired) electrons. The summed E-state index contributed by atoms with van der Waals surface area (Å²) in [6.07, 6.45) is 6.89. The lowest BCUT2D eigenvalue weighted by Gasteiger charge is -2.13. The highest BCUT2D eigenvalue weighted by atomic mass is 19.3. The summed E-state index contributed by atoms with van der Waals surface area (Å²) in [5.74, 6) is 0.417. The molecule has 0 aliphatic rings. The Balaban J connectivity index is 1.77. The monoisotopic (exact) mass is 462 g/mol. The summed E-state index contributed by atoms with van der Waals surface area (Å²) in [7, 11) is 1.48. The van der Waals surface area contributed by atoms with Crippen LogP contribution in [0, 0.1) is 0 Å². The molecule has 0 saturated carbocycles. The number of aliphatic imine (C=N–C) groups is 1. The normalized spacial score (nSPS) is 11.9. The smallest absolute Gasteiger partial charge is 0.333 e. The van der Waals surface area contributed by atoms with Crippen molar-refractivity contribution >= 4 is 11.4 Å². The maximum atomic E-state index is 12.9. The van der Waals surface area contributed by atoms with Crippen molar-refractivity contribution in [3.63, 3.8) is 0 Å². The van der Waals surface area contributed by atoms with Gasteiger partial charge in [-0.15, -0.1) is 0 Å². The predicted octanol–water partition coefficient (Wildman–Crippen LogP) is 4.09. The molecular weight excluding hydrogens is 442 g/mol. The first kappa shape index (κ1) is 22.6. The number of nitrogens with zero attached hydrogens (tertiary/aromatic N) is 5. The molecule has 0 aliphatic carbocycles. The maximum Gasteiger partial charge on any atom is 0.333 e. The van der Waals surface area contributed by atoms with Crippen molar-refractivity contribution in [1.82, 2.24) is 19.6 Å². The van der Waals surface area contributed by atoms with Crippen LogP contribution in [-0.2, 0) is 0 Å². The molecule has 2 N–H and O–H groups in total. The summed E-state index contributed by atoms with van der Waals surface area (Å²) >= 11 is 0. The molecule has 8 nitrogen and oxygen atoms in total. The van der Waals surface area contributed by atoms with Crippen molar-refractivity contribution < 1.29 is 13.5 Å². The van der Waals surface area contributed by atoms with Crippen LogP contribution in [0.1, 0.15) is 12.2 Å². The van der Waals surface area contributed by atoms with Gasteiger partial charge in [-0.1, -0.05) is 24.3 Å². The van der Waals surface area contributed by atoms with Crippen molar-refractivity contribution in [1.29, 1.82) is 0 Å². The lowest BCUT2D eigenvalue weighted by atomic mass is 10.1. The number of aromatic nitrogens is 4. The molecule has 2 aromatic heterocycles. The van der Waals surface area contributed by atoms with Crippen LogP contribution >= 0.6 is 0 Å². The molecule has 0 atom stereocenters. The largest absolute Gasteiger partial charge is 0.494 e. The van der Waals surface area contributed by atoms with Gasteiger partial charge in [0.15, 0.2) is 5.69 Å². The fourth-order valence-corrected chi connectivity index (χ4v) is 3.26. The third kappa shape index (κ3) is 4.75. The van der Waals surface area contributed by atoms with E-state index in [1.54, 1.807) is 30.3 Å². The van der Waals surface area contributed by atoms with Gasteiger partial charge in [0.1, 0.15) is 11.4 Å². The van der Waals surface area contributed by atoms with Crippen molar-refractivity contribution in [2.45, 2.75) is 6.55 Å². The first-order chi connectivity index (χ1) is 16.5. The fourth-order valence-electron chi connectivity index (χ4n) is 3.26. The lowest BCUT2D eigenvalue weighted by Crippen LogP contribution is -2.20. The van der Waals surface area contributed by atoms with Gasteiger partial charge in [0, 0.05) is 24.0 Å². The number of nitrogens with two attached hydrogens (primary N) is 1. The van der Waals surface area contributed by atoms with E-state index in [9.17, 15) is 13.6 Å². The van der Waals surface area contributed by atoms with E-state index >= 15 is 0 Å². The highest BCUT2D eigenvalue weighted by Crippen LogP contribution is 2.29. The van der Waals surface area contributed by atoms with Gasteiger partial charge in [0.25, 0.3) is 0 Å². The topological polar surface area (TPSA) is 100 Å². The van der Waals surface area contributed by atoms with E-state index in [1.807, 2.05) is 18.2 Å². The van der Waals surface area contributed by atoms with Crippen molar-refractivity contribution in [2.24, 2.45) is 10.7 Å². The van der Waals surface area contributed by atoms with Crippen LogP contribution in [0.5, 0.6) is 5.75 Å². The summed E-state index contributed by atoms with van der Waals surface area (Å²) in [6, 6.07) is 15.6. The minimum Gasteiger partial charge on any atom is -0.494 e. The molecule has 0 unspecified atom stereocenters. The molecule has 2 aromatic carbocycles. The third-order valence-electron chi connectivity index (χ3n) is 4.87. The Hall–Kier alpha value is -4.60. The van der Waals surface area contributed by atoms with Crippen LogP contribution in [0.25, 0.3) is 16.8 Å². The van der Waals surface area contributed by atoms with Gasteiger partial charge in [-0.25, -0.2) is 14.4 Å². The Labute approximate surface area is 193 Å². The number of para-hydroxylation sites is 1. The average Bonchev–Trinajstić information content (AvgIpc) is 3.35. The van der Waals surface area contributed by atoms with Crippen LogP contribution in [0.15, 0.2) is 95.3 Å². The second-order valence-electron chi connectivity index (χ2n) is 7.04. The molecule has 0 saturated heterocycles. The molecule has 34 heavy (non-hydrogen) atoms. The van der Waals surface area contributed by atoms with E-state index in [0.29, 0.717) is 38.6 Å². The van der Waals surface area contributed by atoms with E-state index in [0.717, 1.165) is 0 Å². The number of ether oxygens (including phenoxy) is 1. The van der Waals surface area contributed by atoms with Crippen molar-refractivity contribution in [2.75, 3.05) is 7.11 Å². The molecular formula is C24H20F2N6O2. The standard InChI is InChI=1S/C24H20F2N6O2/c1-34-22-13-16(17-14-28-32(15-17)24(25)26)7-8-20(22)31-12-10-21(33)23(30-31)19(9-11-27)29-18-5-3-2-4-6-18/h2-15,24H,27H2,1H3. The number of benzene rings is 2. The van der Waals surface area contributed by atoms with Crippen LogP contribution < -0.4 is 15.9 Å². The fraction of sp³-hybridized carbons (Fsp3) is 0.0833. The Morgan fingerprint density at radius 3 is 2.62 bits per heavy atom. The number of alkyl halides is 2. The minimum atomic E-state index is -2.73. The van der Waals surface area contributed by atoms with Gasteiger partial charge < -0.3 is 10.5 Å². The zero-order valence-corrected chi connectivity index (χ0v) is 18.0. The summed E-state index contributed by atoms with van der Waals surface area (Å²) in [5.41, 5.74) is 7.94. The van der Waals surface area contributed by atoms with Gasteiger partial charge in [-0.3, -0.25) is 4.79 Å². The minimum absolute atomic E-state index is 0.0948. The highest BCUT2D eigenvalue weighted by Gasteiger charge is 2.14. The van der Waals surface area contributed by atoms with E-state index in [1.165, 1.54) is 48.7 Å². The van der Waals surface area contributed by atoms with Crippen LogP contribution in [0.3, 0.4) is 0 Å². The summed E-state index contributed by atoms with van der Waals surface area (Å²) in [5, 5.41) is 8.13. The number of hydrogen-bond donors (Lipinski definition) is 1. The molecule has 2 heterocycles. The lowest BCUT2D eigenvalue weighted by molar-refractivity contribution is 0.0566. The van der Waals surface area contributed by atoms with E-state index < -0.39 is 6.55 Å². The molecule has 0 bridgehead atoms. The second kappa shape index (κ2) is 9.90. The van der Waals surface area contributed by atoms with E-state index in [-0.39, 0.29) is 11.1 Å². The Kier molecular flexibility index (Phi) is 6.58. The molecule has 0 amide bonds. The van der Waals surface area contributed by atoms with Crippen LogP contribution in [-0.4, -0.2) is 32.4 Å². The Bertz CT molecular complexity index is 1410. The average molecular weight is 462 g/mol. The van der Waals surface area contributed by atoms with Crippen molar-refractivity contribution in [3.05, 3.63) is 101 Å². The maximum absolute atomic E-state index is 12.9. The molecule has 0 aliphatic heterocycles. The first-order valence-corrected chi connectivity index (χ1v) is 10.1. The number of rotatable bonds is 7. The molecule has 10 heteroatoms. The first-order valence-electron chi connectivity index (χ1n) is 10.1. The van der Waals surface area contributed by atoms with E-state index in [2.05, 4.69) is 15.2 Å². The molecule has 4 aromatic rings.